The van der Waals surface area contributed by atoms with E-state index in [0.29, 0.717) is 6.42 Å². The topological polar surface area (TPSA) is 43.4 Å². The van der Waals surface area contributed by atoms with Crippen molar-refractivity contribution < 1.29 is 14.1 Å². The first-order chi connectivity index (χ1) is 8.52. The van der Waals surface area contributed by atoms with Crippen LogP contribution in [-0.4, -0.2) is 25.1 Å². The Kier molecular flexibility index (Phi) is 7.21. The molecule has 112 valence electrons. The van der Waals surface area contributed by atoms with E-state index in [-0.39, 0.29) is 22.6 Å². The zero-order valence-electron chi connectivity index (χ0n) is 13.5. The molecule has 0 aliphatic rings. The van der Waals surface area contributed by atoms with E-state index in [9.17, 15) is 9.59 Å². The Morgan fingerprint density at radius 2 is 1.68 bits per heavy atom. The van der Waals surface area contributed by atoms with Crippen molar-refractivity contribution in [1.29, 1.82) is 0 Å². The SMILES string of the molecule is CCC(C)(CC(C)(C)CCC(=O)OP(C)C)C(C)=O. The van der Waals surface area contributed by atoms with Crippen molar-refractivity contribution in [2.75, 3.05) is 13.3 Å². The molecule has 0 spiro atoms. The third-order valence-electron chi connectivity index (χ3n) is 3.79. The van der Waals surface area contributed by atoms with E-state index in [1.807, 2.05) is 27.2 Å². The third-order valence-corrected chi connectivity index (χ3v) is 4.36. The molecule has 0 aliphatic heterocycles. The van der Waals surface area contributed by atoms with Crippen LogP contribution in [0, 0.1) is 10.8 Å². The first-order valence-electron chi connectivity index (χ1n) is 6.91. The van der Waals surface area contributed by atoms with Gasteiger partial charge in [-0.2, -0.15) is 0 Å². The Balaban J connectivity index is 4.47. The van der Waals surface area contributed by atoms with Gasteiger partial charge in [0.15, 0.2) is 0 Å². The molecular formula is C15H29O3P. The maximum atomic E-state index is 11.8. The van der Waals surface area contributed by atoms with Gasteiger partial charge in [-0.3, -0.25) is 9.59 Å². The van der Waals surface area contributed by atoms with Crippen LogP contribution in [0.1, 0.15) is 60.3 Å². The minimum absolute atomic E-state index is 0.0281. The van der Waals surface area contributed by atoms with Gasteiger partial charge in [0.1, 0.15) is 5.78 Å². The molecule has 0 heterocycles. The number of rotatable bonds is 8. The predicted octanol–water partition coefficient (Wildman–Crippen LogP) is 4.39. The van der Waals surface area contributed by atoms with Crippen molar-refractivity contribution in [3.63, 3.8) is 0 Å². The Labute approximate surface area is 119 Å². The van der Waals surface area contributed by atoms with Gasteiger partial charge >= 0.3 is 5.97 Å². The highest BCUT2D eigenvalue weighted by molar-refractivity contribution is 7.51. The highest BCUT2D eigenvalue weighted by Crippen LogP contribution is 2.40. The molecule has 1 atom stereocenters. The molecule has 0 saturated heterocycles. The number of hydrogen-bond donors (Lipinski definition) is 0. The second-order valence-electron chi connectivity index (χ2n) is 6.59. The smallest absolute Gasteiger partial charge is 0.308 e. The first kappa shape index (κ1) is 18.6. The molecule has 0 bridgehead atoms. The Morgan fingerprint density at radius 1 is 1.16 bits per heavy atom. The minimum Gasteiger partial charge on any atom is -0.446 e. The van der Waals surface area contributed by atoms with Crippen molar-refractivity contribution >= 4 is 19.9 Å². The lowest BCUT2D eigenvalue weighted by Gasteiger charge is -2.35. The summed E-state index contributed by atoms with van der Waals surface area (Å²) in [5, 5.41) is 0. The average Bonchev–Trinajstić information content (AvgIpc) is 2.24. The molecular weight excluding hydrogens is 259 g/mol. The van der Waals surface area contributed by atoms with Gasteiger partial charge in [-0.15, -0.1) is 0 Å². The quantitative estimate of drug-likeness (QED) is 0.622. The summed E-state index contributed by atoms with van der Waals surface area (Å²) in [6, 6.07) is 0. The molecule has 0 aromatic carbocycles. The van der Waals surface area contributed by atoms with Crippen LogP contribution in [-0.2, 0) is 14.1 Å². The molecule has 0 fully saturated rings. The van der Waals surface area contributed by atoms with Crippen molar-refractivity contribution in [1.82, 2.24) is 0 Å². The monoisotopic (exact) mass is 288 g/mol. The normalized spacial score (nSPS) is 15.2. The molecule has 0 aromatic heterocycles. The second kappa shape index (κ2) is 7.38. The molecule has 0 N–H and O–H groups in total. The molecule has 0 aromatic rings. The van der Waals surface area contributed by atoms with E-state index in [4.69, 9.17) is 4.52 Å². The first-order valence-corrected chi connectivity index (χ1v) is 9.07. The van der Waals surface area contributed by atoms with Gasteiger partial charge in [0.25, 0.3) is 0 Å². The van der Waals surface area contributed by atoms with Gasteiger partial charge in [-0.25, -0.2) is 0 Å². The van der Waals surface area contributed by atoms with Gasteiger partial charge in [0.05, 0.1) is 8.15 Å². The van der Waals surface area contributed by atoms with Crippen LogP contribution in [0.15, 0.2) is 0 Å². The van der Waals surface area contributed by atoms with E-state index < -0.39 is 8.15 Å². The third kappa shape index (κ3) is 7.06. The van der Waals surface area contributed by atoms with E-state index in [2.05, 4.69) is 13.8 Å². The van der Waals surface area contributed by atoms with E-state index in [1.54, 1.807) is 6.92 Å². The fraction of sp³-hybridized carbons (Fsp3) is 0.867. The van der Waals surface area contributed by atoms with Gasteiger partial charge in [0, 0.05) is 11.8 Å². The molecule has 19 heavy (non-hydrogen) atoms. The standard InChI is InChI=1S/C15H29O3P/c1-8-15(5,12(2)16)11-14(3,4)10-9-13(17)18-19(6)7/h8-11H2,1-7H3. The molecule has 0 radical (unpaired) electrons. The molecule has 1 unspecified atom stereocenters. The minimum atomic E-state index is -0.631. The summed E-state index contributed by atoms with van der Waals surface area (Å²) in [4.78, 5) is 23.4. The lowest BCUT2D eigenvalue weighted by molar-refractivity contribution is -0.134. The lowest BCUT2D eigenvalue weighted by atomic mass is 9.69. The number of ketones is 1. The maximum Gasteiger partial charge on any atom is 0.308 e. The zero-order valence-corrected chi connectivity index (χ0v) is 14.4. The lowest BCUT2D eigenvalue weighted by Crippen LogP contribution is -2.31. The Hall–Kier alpha value is -0.430. The van der Waals surface area contributed by atoms with Gasteiger partial charge in [-0.1, -0.05) is 27.7 Å². The average molecular weight is 288 g/mol. The van der Waals surface area contributed by atoms with Crippen molar-refractivity contribution in [2.45, 2.75) is 60.3 Å². The number of hydrogen-bond acceptors (Lipinski definition) is 3. The van der Waals surface area contributed by atoms with Crippen LogP contribution in [0.25, 0.3) is 0 Å². The number of carbonyl (C=O) groups excluding carboxylic acids is 2. The maximum absolute atomic E-state index is 11.8. The summed E-state index contributed by atoms with van der Waals surface area (Å²) >= 11 is 0. The van der Waals surface area contributed by atoms with Crippen molar-refractivity contribution in [3.05, 3.63) is 0 Å². The highest BCUT2D eigenvalue weighted by Gasteiger charge is 2.35. The van der Waals surface area contributed by atoms with Crippen LogP contribution in [0.2, 0.25) is 0 Å². The molecule has 4 heteroatoms. The number of carbonyl (C=O) groups is 2. The molecule has 0 saturated carbocycles. The Morgan fingerprint density at radius 3 is 2.05 bits per heavy atom. The predicted molar refractivity (Wildman–Crippen MR) is 81.6 cm³/mol. The molecule has 0 amide bonds. The van der Waals surface area contributed by atoms with E-state index >= 15 is 0 Å². The molecule has 0 rings (SSSR count). The van der Waals surface area contributed by atoms with Crippen LogP contribution in [0.5, 0.6) is 0 Å². The summed E-state index contributed by atoms with van der Waals surface area (Å²) in [7, 11) is -0.631. The summed E-state index contributed by atoms with van der Waals surface area (Å²) in [6.07, 6.45) is 2.85. The van der Waals surface area contributed by atoms with Gasteiger partial charge in [0.2, 0.25) is 0 Å². The van der Waals surface area contributed by atoms with Gasteiger partial charge < -0.3 is 4.52 Å². The van der Waals surface area contributed by atoms with Gasteiger partial charge in [-0.05, 0) is 44.9 Å². The summed E-state index contributed by atoms with van der Waals surface area (Å²) in [5.41, 5.74) is -0.310. The van der Waals surface area contributed by atoms with Crippen LogP contribution in [0.3, 0.4) is 0 Å². The van der Waals surface area contributed by atoms with Crippen LogP contribution in [0.4, 0.5) is 0 Å². The summed E-state index contributed by atoms with van der Waals surface area (Å²) in [5.74, 6) is 0.113. The zero-order chi connectivity index (χ0) is 15.3. The highest BCUT2D eigenvalue weighted by atomic mass is 31.1. The fourth-order valence-electron chi connectivity index (χ4n) is 2.33. The fourth-order valence-corrected chi connectivity index (χ4v) is 2.83. The van der Waals surface area contributed by atoms with Crippen LogP contribution >= 0.6 is 8.15 Å². The number of Topliss-reactive ketones (excluding diaryl/α,β-unsaturated/α-hetero) is 1. The summed E-state index contributed by atoms with van der Waals surface area (Å²) < 4.78 is 5.21. The molecule has 3 nitrogen and oxygen atoms in total. The second-order valence-corrected chi connectivity index (χ2v) is 8.39. The van der Waals surface area contributed by atoms with Crippen molar-refractivity contribution in [2.24, 2.45) is 10.8 Å². The Bertz CT molecular complexity index is 323. The van der Waals surface area contributed by atoms with Crippen molar-refractivity contribution in [3.8, 4) is 0 Å². The van der Waals surface area contributed by atoms with Crippen LogP contribution < -0.4 is 0 Å². The molecule has 0 aliphatic carbocycles. The van der Waals surface area contributed by atoms with E-state index in [1.165, 1.54) is 0 Å². The van der Waals surface area contributed by atoms with E-state index in [0.717, 1.165) is 19.3 Å². The summed E-state index contributed by atoms with van der Waals surface area (Å²) in [6.45, 7) is 13.8. The largest absolute Gasteiger partial charge is 0.446 e.